The van der Waals surface area contributed by atoms with E-state index in [2.05, 4.69) is 0 Å². The zero-order chi connectivity index (χ0) is 14.7. The number of carbonyl (C=O) groups is 1. The molecule has 0 radical (unpaired) electrons. The largest absolute Gasteiger partial charge is 0.399 e. The summed E-state index contributed by atoms with van der Waals surface area (Å²) in [5.41, 5.74) is 7.23. The monoisotopic (exact) mass is 272 g/mol. The van der Waals surface area contributed by atoms with Crippen LogP contribution in [0.4, 0.5) is 10.1 Å². The van der Waals surface area contributed by atoms with Crippen LogP contribution in [0, 0.1) is 5.82 Å². The average molecular weight is 272 g/mol. The quantitative estimate of drug-likeness (QED) is 0.872. The first-order chi connectivity index (χ1) is 9.50. The fourth-order valence-corrected chi connectivity index (χ4v) is 2.03. The van der Waals surface area contributed by atoms with Gasteiger partial charge in [0.2, 0.25) is 0 Å². The molecule has 0 aliphatic rings. The van der Waals surface area contributed by atoms with Crippen molar-refractivity contribution in [3.8, 4) is 0 Å². The lowest BCUT2D eigenvalue weighted by molar-refractivity contribution is 0.0740. The van der Waals surface area contributed by atoms with Gasteiger partial charge in [0, 0.05) is 23.9 Å². The Balaban J connectivity index is 2.22. The van der Waals surface area contributed by atoms with Crippen molar-refractivity contribution in [3.63, 3.8) is 0 Å². The van der Waals surface area contributed by atoms with Crippen LogP contribution < -0.4 is 5.73 Å². The second-order valence-electron chi connectivity index (χ2n) is 4.74. The highest BCUT2D eigenvalue weighted by atomic mass is 19.1. The van der Waals surface area contributed by atoms with Crippen LogP contribution in [0.25, 0.3) is 0 Å². The zero-order valence-corrected chi connectivity index (χ0v) is 11.5. The van der Waals surface area contributed by atoms with Crippen molar-refractivity contribution in [1.29, 1.82) is 0 Å². The Morgan fingerprint density at radius 2 is 1.75 bits per heavy atom. The van der Waals surface area contributed by atoms with E-state index in [-0.39, 0.29) is 17.8 Å². The number of nitrogens with two attached hydrogens (primary N) is 1. The molecule has 0 aliphatic heterocycles. The number of amides is 1. The van der Waals surface area contributed by atoms with Crippen LogP contribution in [0.2, 0.25) is 0 Å². The van der Waals surface area contributed by atoms with Crippen molar-refractivity contribution in [2.45, 2.75) is 13.0 Å². The lowest BCUT2D eigenvalue weighted by atomic mass is 10.1. The van der Waals surface area contributed by atoms with Crippen molar-refractivity contribution in [2.75, 3.05) is 12.8 Å². The van der Waals surface area contributed by atoms with Gasteiger partial charge < -0.3 is 10.6 Å². The third-order valence-corrected chi connectivity index (χ3v) is 3.41. The summed E-state index contributed by atoms with van der Waals surface area (Å²) >= 11 is 0. The molecule has 3 nitrogen and oxygen atoms in total. The smallest absolute Gasteiger partial charge is 0.254 e. The van der Waals surface area contributed by atoms with E-state index < -0.39 is 0 Å². The lowest BCUT2D eigenvalue weighted by Gasteiger charge is -2.25. The molecule has 2 aromatic rings. The second kappa shape index (κ2) is 5.74. The summed E-state index contributed by atoms with van der Waals surface area (Å²) in [5, 5.41) is 0. The summed E-state index contributed by atoms with van der Waals surface area (Å²) in [5.74, 6) is -0.474. The standard InChI is InChI=1S/C16H17FN2O/c1-11(14-5-3-4-6-15(14)17)19(2)16(20)12-7-9-13(18)10-8-12/h3-11H,18H2,1-2H3. The van der Waals surface area contributed by atoms with Gasteiger partial charge in [-0.2, -0.15) is 0 Å². The van der Waals surface area contributed by atoms with Gasteiger partial charge in [0.15, 0.2) is 0 Å². The number of nitrogen functional groups attached to an aromatic ring is 1. The van der Waals surface area contributed by atoms with Gasteiger partial charge in [-0.25, -0.2) is 4.39 Å². The molecule has 1 unspecified atom stereocenters. The number of rotatable bonds is 3. The van der Waals surface area contributed by atoms with Crippen molar-refractivity contribution in [1.82, 2.24) is 4.90 Å². The van der Waals surface area contributed by atoms with E-state index in [4.69, 9.17) is 5.73 Å². The molecule has 0 aliphatic carbocycles. The van der Waals surface area contributed by atoms with E-state index in [0.29, 0.717) is 16.8 Å². The van der Waals surface area contributed by atoms with E-state index >= 15 is 0 Å². The maximum atomic E-state index is 13.8. The molecule has 2 N–H and O–H groups in total. The van der Waals surface area contributed by atoms with Crippen molar-refractivity contribution in [3.05, 3.63) is 65.5 Å². The molecule has 1 amide bonds. The highest BCUT2D eigenvalue weighted by molar-refractivity contribution is 5.94. The second-order valence-corrected chi connectivity index (χ2v) is 4.74. The summed E-state index contributed by atoms with van der Waals surface area (Å²) in [4.78, 5) is 13.9. The Morgan fingerprint density at radius 1 is 1.15 bits per heavy atom. The third kappa shape index (κ3) is 2.79. The summed E-state index contributed by atoms with van der Waals surface area (Å²) in [6, 6.07) is 12.8. The van der Waals surface area contributed by atoms with Crippen LogP contribution in [0.1, 0.15) is 28.9 Å². The van der Waals surface area contributed by atoms with Crippen LogP contribution in [0.5, 0.6) is 0 Å². The van der Waals surface area contributed by atoms with E-state index in [0.717, 1.165) is 0 Å². The highest BCUT2D eigenvalue weighted by Gasteiger charge is 2.20. The predicted molar refractivity (Wildman–Crippen MR) is 77.8 cm³/mol. The minimum atomic E-state index is -0.346. The Labute approximate surface area is 117 Å². The van der Waals surface area contributed by atoms with E-state index in [1.54, 1.807) is 56.4 Å². The Bertz CT molecular complexity index is 610. The first-order valence-corrected chi connectivity index (χ1v) is 6.38. The minimum absolute atomic E-state index is 0.166. The van der Waals surface area contributed by atoms with Crippen LogP contribution >= 0.6 is 0 Å². The maximum Gasteiger partial charge on any atom is 0.254 e. The fraction of sp³-hybridized carbons (Fsp3) is 0.188. The summed E-state index contributed by atoms with van der Waals surface area (Å²) in [6.07, 6.45) is 0. The molecule has 0 saturated carbocycles. The van der Waals surface area contributed by atoms with E-state index in [9.17, 15) is 9.18 Å². The molecule has 1 atom stereocenters. The third-order valence-electron chi connectivity index (χ3n) is 3.41. The van der Waals surface area contributed by atoms with Gasteiger partial charge in [-0.3, -0.25) is 4.79 Å². The van der Waals surface area contributed by atoms with Crippen molar-refractivity contribution in [2.24, 2.45) is 0 Å². The minimum Gasteiger partial charge on any atom is -0.399 e. The SMILES string of the molecule is CC(c1ccccc1F)N(C)C(=O)c1ccc(N)cc1. The number of anilines is 1. The Morgan fingerprint density at radius 3 is 2.35 bits per heavy atom. The van der Waals surface area contributed by atoms with Gasteiger partial charge in [0.25, 0.3) is 5.91 Å². The molecular weight excluding hydrogens is 255 g/mol. The summed E-state index contributed by atoms with van der Waals surface area (Å²) in [7, 11) is 1.66. The molecule has 0 saturated heterocycles. The van der Waals surface area contributed by atoms with E-state index in [1.165, 1.54) is 11.0 Å². The van der Waals surface area contributed by atoms with Crippen molar-refractivity contribution >= 4 is 11.6 Å². The van der Waals surface area contributed by atoms with Crippen LogP contribution in [-0.4, -0.2) is 17.9 Å². The van der Waals surface area contributed by atoms with Gasteiger partial charge in [0.1, 0.15) is 5.82 Å². The molecular formula is C16H17FN2O. The molecule has 20 heavy (non-hydrogen) atoms. The fourth-order valence-electron chi connectivity index (χ4n) is 2.03. The lowest BCUT2D eigenvalue weighted by Crippen LogP contribution is -2.30. The average Bonchev–Trinajstić information content (AvgIpc) is 2.46. The number of hydrogen-bond acceptors (Lipinski definition) is 2. The number of benzene rings is 2. The van der Waals surface area contributed by atoms with E-state index in [1.807, 2.05) is 0 Å². The molecule has 0 spiro atoms. The zero-order valence-electron chi connectivity index (χ0n) is 11.5. The highest BCUT2D eigenvalue weighted by Crippen LogP contribution is 2.23. The topological polar surface area (TPSA) is 46.3 Å². The van der Waals surface area contributed by atoms with Gasteiger partial charge in [-0.15, -0.1) is 0 Å². The predicted octanol–water partition coefficient (Wildman–Crippen LogP) is 3.24. The van der Waals surface area contributed by atoms with Crippen molar-refractivity contribution < 1.29 is 9.18 Å². The first kappa shape index (κ1) is 14.1. The molecule has 2 rings (SSSR count). The molecule has 0 bridgehead atoms. The number of carbonyl (C=O) groups excluding carboxylic acids is 1. The van der Waals surface area contributed by atoms with Crippen LogP contribution in [-0.2, 0) is 0 Å². The van der Waals surface area contributed by atoms with Crippen LogP contribution in [0.3, 0.4) is 0 Å². The number of hydrogen-bond donors (Lipinski definition) is 1. The summed E-state index contributed by atoms with van der Waals surface area (Å²) in [6.45, 7) is 1.80. The Kier molecular flexibility index (Phi) is 4.03. The molecule has 2 aromatic carbocycles. The van der Waals surface area contributed by atoms with Gasteiger partial charge in [-0.05, 0) is 37.3 Å². The van der Waals surface area contributed by atoms with Gasteiger partial charge >= 0.3 is 0 Å². The Hall–Kier alpha value is -2.36. The normalized spacial score (nSPS) is 11.9. The molecule has 4 heteroatoms. The molecule has 0 heterocycles. The van der Waals surface area contributed by atoms with Gasteiger partial charge in [0.05, 0.1) is 6.04 Å². The van der Waals surface area contributed by atoms with Gasteiger partial charge in [-0.1, -0.05) is 18.2 Å². The molecule has 104 valence electrons. The molecule has 0 fully saturated rings. The van der Waals surface area contributed by atoms with Crippen LogP contribution in [0.15, 0.2) is 48.5 Å². The molecule has 0 aromatic heterocycles. The maximum absolute atomic E-state index is 13.8. The number of halogens is 1. The first-order valence-electron chi connectivity index (χ1n) is 6.38. The summed E-state index contributed by atoms with van der Waals surface area (Å²) < 4.78 is 13.8. The number of nitrogens with zero attached hydrogens (tertiary/aromatic N) is 1.